The number of aryl methyl sites for hydroxylation is 1. The molecule has 1 aliphatic heterocycles. The Balaban J connectivity index is 1.26. The number of amides is 3. The maximum absolute atomic E-state index is 12.9. The van der Waals surface area contributed by atoms with Crippen molar-refractivity contribution in [3.05, 3.63) is 53.8 Å². The molecule has 3 amide bonds. The molecule has 0 unspecified atom stereocenters. The molecule has 1 saturated carbocycles. The Morgan fingerprint density at radius 2 is 1.87 bits per heavy atom. The van der Waals surface area contributed by atoms with Crippen LogP contribution in [0, 0.1) is 30.6 Å². The third-order valence-electron chi connectivity index (χ3n) is 6.04. The Bertz CT molecular complexity index is 1110. The van der Waals surface area contributed by atoms with Crippen LogP contribution in [-0.2, 0) is 19.1 Å². The fraction of sp³-hybridized carbons (Fsp3) is 0.318. The molecule has 9 heteroatoms. The number of ether oxygens (including phenoxy) is 1. The Morgan fingerprint density at radius 1 is 1.16 bits per heavy atom. The number of nitrogens with zero attached hydrogens (tertiary/aromatic N) is 2. The first-order valence-corrected chi connectivity index (χ1v) is 9.99. The molecular weight excluding hydrogens is 402 g/mol. The normalized spacial score (nSPS) is 25.8. The van der Waals surface area contributed by atoms with E-state index in [4.69, 9.17) is 9.26 Å². The van der Waals surface area contributed by atoms with Gasteiger partial charge in [-0.25, -0.2) is 9.69 Å². The van der Waals surface area contributed by atoms with Crippen LogP contribution in [0.2, 0.25) is 0 Å². The average Bonchev–Trinajstić information content (AvgIpc) is 3.51. The van der Waals surface area contributed by atoms with Gasteiger partial charge in [-0.1, -0.05) is 23.4 Å². The Kier molecular flexibility index (Phi) is 4.46. The SMILES string of the molecule is Cc1cc(NC(=O)COC(=O)c2cccc(N3C(=O)[C@@H]4[C@H](C3=O)[C@H]3C=C[C@H]4C3)c2)no1. The average molecular weight is 421 g/mol. The number of hydrogen-bond acceptors (Lipinski definition) is 7. The number of hydrogen-bond donors (Lipinski definition) is 1. The van der Waals surface area contributed by atoms with E-state index in [9.17, 15) is 19.2 Å². The second-order valence-electron chi connectivity index (χ2n) is 8.01. The highest BCUT2D eigenvalue weighted by Crippen LogP contribution is 2.53. The predicted molar refractivity (Wildman–Crippen MR) is 107 cm³/mol. The molecule has 158 valence electrons. The maximum atomic E-state index is 12.9. The van der Waals surface area contributed by atoms with Crippen molar-refractivity contribution in [1.29, 1.82) is 0 Å². The van der Waals surface area contributed by atoms with Gasteiger partial charge in [-0.3, -0.25) is 14.4 Å². The van der Waals surface area contributed by atoms with Gasteiger partial charge >= 0.3 is 5.97 Å². The van der Waals surface area contributed by atoms with E-state index in [1.54, 1.807) is 19.1 Å². The number of benzene rings is 1. The molecule has 3 aliphatic rings. The second-order valence-corrected chi connectivity index (χ2v) is 8.01. The molecule has 0 radical (unpaired) electrons. The predicted octanol–water partition coefficient (Wildman–Crippen LogP) is 2.09. The number of allylic oxidation sites excluding steroid dienone is 2. The molecule has 1 saturated heterocycles. The first-order valence-electron chi connectivity index (χ1n) is 9.99. The number of rotatable bonds is 5. The number of esters is 1. The second kappa shape index (κ2) is 7.19. The first-order chi connectivity index (χ1) is 14.9. The van der Waals surface area contributed by atoms with Gasteiger partial charge in [0, 0.05) is 6.07 Å². The summed E-state index contributed by atoms with van der Waals surface area (Å²) in [5.41, 5.74) is 0.474. The van der Waals surface area contributed by atoms with E-state index in [0.717, 1.165) is 6.42 Å². The Labute approximate surface area is 177 Å². The van der Waals surface area contributed by atoms with Crippen molar-refractivity contribution in [1.82, 2.24) is 5.16 Å². The fourth-order valence-electron chi connectivity index (χ4n) is 4.75. The van der Waals surface area contributed by atoms with Crippen molar-refractivity contribution in [3.63, 3.8) is 0 Å². The lowest BCUT2D eigenvalue weighted by Gasteiger charge is -2.17. The molecule has 1 aromatic heterocycles. The minimum absolute atomic E-state index is 0.108. The van der Waals surface area contributed by atoms with Gasteiger partial charge in [-0.05, 0) is 43.4 Å². The molecule has 2 heterocycles. The van der Waals surface area contributed by atoms with Crippen LogP contribution >= 0.6 is 0 Å². The van der Waals surface area contributed by atoms with E-state index in [-0.39, 0.29) is 46.9 Å². The van der Waals surface area contributed by atoms with Crippen molar-refractivity contribution in [3.8, 4) is 0 Å². The molecule has 2 aromatic rings. The van der Waals surface area contributed by atoms with Gasteiger partial charge in [-0.2, -0.15) is 0 Å². The summed E-state index contributed by atoms with van der Waals surface area (Å²) in [6.45, 7) is 1.16. The van der Waals surface area contributed by atoms with Crippen LogP contribution in [0.15, 0.2) is 47.0 Å². The van der Waals surface area contributed by atoms with Crippen LogP contribution in [0.25, 0.3) is 0 Å². The van der Waals surface area contributed by atoms with E-state index >= 15 is 0 Å². The highest BCUT2D eigenvalue weighted by molar-refractivity contribution is 6.23. The summed E-state index contributed by atoms with van der Waals surface area (Å²) in [4.78, 5) is 51.4. The lowest BCUT2D eigenvalue weighted by Crippen LogP contribution is -2.33. The van der Waals surface area contributed by atoms with Crippen LogP contribution in [-0.4, -0.2) is 35.5 Å². The topological polar surface area (TPSA) is 119 Å². The summed E-state index contributed by atoms with van der Waals surface area (Å²) < 4.78 is 9.90. The molecule has 1 aromatic carbocycles. The maximum Gasteiger partial charge on any atom is 0.338 e. The highest BCUT2D eigenvalue weighted by Gasteiger charge is 2.59. The molecular formula is C22H19N3O6. The van der Waals surface area contributed by atoms with Gasteiger partial charge in [0.25, 0.3) is 5.91 Å². The molecule has 9 nitrogen and oxygen atoms in total. The van der Waals surface area contributed by atoms with E-state index in [2.05, 4.69) is 10.5 Å². The number of carbonyl (C=O) groups is 4. The molecule has 0 spiro atoms. The monoisotopic (exact) mass is 421 g/mol. The molecule has 2 fully saturated rings. The van der Waals surface area contributed by atoms with Crippen molar-refractivity contribution >= 4 is 35.2 Å². The smallest absolute Gasteiger partial charge is 0.338 e. The van der Waals surface area contributed by atoms with E-state index in [1.165, 1.54) is 23.1 Å². The molecule has 4 atom stereocenters. The molecule has 5 rings (SSSR count). The van der Waals surface area contributed by atoms with Crippen LogP contribution < -0.4 is 10.2 Å². The zero-order valence-corrected chi connectivity index (χ0v) is 16.6. The van der Waals surface area contributed by atoms with Gasteiger partial charge in [0.15, 0.2) is 12.4 Å². The van der Waals surface area contributed by atoms with Gasteiger partial charge in [0.05, 0.1) is 23.1 Å². The standard InChI is InChI=1S/C22H19N3O6/c1-11-7-16(24-31-11)23-17(26)10-30-22(29)14-3-2-4-15(9-14)25-20(27)18-12-5-6-13(8-12)19(18)21(25)28/h2-7,9,12-13,18-19H,8,10H2,1H3,(H,23,24,26)/t12-,13-,18-,19+/m0/s1. The minimum atomic E-state index is -0.741. The molecule has 31 heavy (non-hydrogen) atoms. The number of carbonyl (C=O) groups excluding carboxylic acids is 4. The Morgan fingerprint density at radius 3 is 2.52 bits per heavy atom. The van der Waals surface area contributed by atoms with Crippen molar-refractivity contribution in [2.75, 3.05) is 16.8 Å². The van der Waals surface area contributed by atoms with Gasteiger partial charge in [-0.15, -0.1) is 0 Å². The third-order valence-corrected chi connectivity index (χ3v) is 6.04. The number of aromatic nitrogens is 1. The largest absolute Gasteiger partial charge is 0.452 e. The number of fused-ring (bicyclic) bond motifs is 5. The van der Waals surface area contributed by atoms with Crippen LogP contribution in [0.5, 0.6) is 0 Å². The summed E-state index contributed by atoms with van der Waals surface area (Å²) in [7, 11) is 0. The van der Waals surface area contributed by atoms with Gasteiger partial charge in [0.2, 0.25) is 11.8 Å². The summed E-state index contributed by atoms with van der Waals surface area (Å²) in [6.07, 6.45) is 4.91. The molecule has 1 N–H and O–H groups in total. The number of anilines is 2. The summed E-state index contributed by atoms with van der Waals surface area (Å²) in [6, 6.07) is 7.66. The quantitative estimate of drug-likeness (QED) is 0.446. The summed E-state index contributed by atoms with van der Waals surface area (Å²) >= 11 is 0. The van der Waals surface area contributed by atoms with Gasteiger partial charge < -0.3 is 14.6 Å². The lowest BCUT2D eigenvalue weighted by atomic mass is 9.85. The van der Waals surface area contributed by atoms with Crippen LogP contribution in [0.4, 0.5) is 11.5 Å². The summed E-state index contributed by atoms with van der Waals surface area (Å²) in [5, 5.41) is 6.08. The zero-order chi connectivity index (χ0) is 21.7. The van der Waals surface area contributed by atoms with Crippen molar-refractivity contribution < 1.29 is 28.4 Å². The first kappa shape index (κ1) is 19.2. The van der Waals surface area contributed by atoms with E-state index in [1.807, 2.05) is 12.2 Å². The van der Waals surface area contributed by atoms with Crippen molar-refractivity contribution in [2.45, 2.75) is 13.3 Å². The zero-order valence-electron chi connectivity index (χ0n) is 16.6. The number of nitrogens with one attached hydrogen (secondary N) is 1. The van der Waals surface area contributed by atoms with Crippen LogP contribution in [0.1, 0.15) is 22.5 Å². The fourth-order valence-corrected chi connectivity index (χ4v) is 4.75. The molecule has 2 aliphatic carbocycles. The van der Waals surface area contributed by atoms with Crippen molar-refractivity contribution in [2.24, 2.45) is 23.7 Å². The highest BCUT2D eigenvalue weighted by atomic mass is 16.5. The van der Waals surface area contributed by atoms with E-state index in [0.29, 0.717) is 11.4 Å². The summed E-state index contributed by atoms with van der Waals surface area (Å²) in [5.74, 6) is -1.42. The van der Waals surface area contributed by atoms with E-state index < -0.39 is 18.5 Å². The van der Waals surface area contributed by atoms with Crippen LogP contribution in [0.3, 0.4) is 0 Å². The minimum Gasteiger partial charge on any atom is -0.452 e. The molecule has 2 bridgehead atoms. The number of imide groups is 1. The Hall–Kier alpha value is -3.75. The third kappa shape index (κ3) is 3.22. The van der Waals surface area contributed by atoms with Gasteiger partial charge in [0.1, 0.15) is 5.76 Å². The lowest BCUT2D eigenvalue weighted by molar-refractivity contribution is -0.123.